The van der Waals surface area contributed by atoms with E-state index in [1.54, 1.807) is 6.92 Å². The number of carbonyl (C=O) groups excluding carboxylic acids is 2. The van der Waals surface area contributed by atoms with Crippen LogP contribution < -0.4 is 5.32 Å². The van der Waals surface area contributed by atoms with Crippen molar-refractivity contribution in [3.05, 3.63) is 5.51 Å². The normalized spacial score (nSPS) is 18.9. The van der Waals surface area contributed by atoms with E-state index in [1.165, 1.54) is 21.9 Å². The van der Waals surface area contributed by atoms with Crippen LogP contribution in [0.1, 0.15) is 20.8 Å². The van der Waals surface area contributed by atoms with E-state index < -0.39 is 11.8 Å². The molecular formula is C11H15N5O2S. The molecule has 2 heterocycles. The van der Waals surface area contributed by atoms with Crippen molar-refractivity contribution < 1.29 is 9.59 Å². The third-order valence-electron chi connectivity index (χ3n) is 2.59. The Morgan fingerprint density at radius 2 is 2.32 bits per heavy atom. The number of amides is 2. The lowest BCUT2D eigenvalue weighted by atomic mass is 10.0. The molecule has 0 unspecified atom stereocenters. The molecule has 19 heavy (non-hydrogen) atoms. The highest BCUT2D eigenvalue weighted by Gasteiger charge is 2.39. The molecule has 1 atom stereocenters. The Labute approximate surface area is 114 Å². The zero-order valence-corrected chi connectivity index (χ0v) is 11.8. The maximum atomic E-state index is 12.1. The van der Waals surface area contributed by atoms with E-state index in [9.17, 15) is 9.59 Å². The van der Waals surface area contributed by atoms with Crippen LogP contribution in [0, 0.1) is 11.8 Å². The van der Waals surface area contributed by atoms with Gasteiger partial charge in [-0.25, -0.2) is 5.01 Å². The summed E-state index contributed by atoms with van der Waals surface area (Å²) in [5.74, 6) is -1.25. The monoisotopic (exact) mass is 281 g/mol. The Bertz CT molecular complexity index is 511. The zero-order valence-electron chi connectivity index (χ0n) is 11.0. The average Bonchev–Trinajstić information content (AvgIpc) is 2.88. The van der Waals surface area contributed by atoms with Gasteiger partial charge in [-0.05, 0) is 12.8 Å². The maximum Gasteiger partial charge on any atom is 0.261 e. The smallest absolute Gasteiger partial charge is 0.261 e. The molecule has 1 aliphatic heterocycles. The number of aromatic nitrogens is 2. The summed E-state index contributed by atoms with van der Waals surface area (Å²) < 4.78 is 0. The molecule has 7 nitrogen and oxygen atoms in total. The number of hydrazone groups is 1. The summed E-state index contributed by atoms with van der Waals surface area (Å²) in [7, 11) is 0. The van der Waals surface area contributed by atoms with Gasteiger partial charge in [-0.1, -0.05) is 25.2 Å². The molecule has 0 saturated carbocycles. The second-order valence-corrected chi connectivity index (χ2v) is 5.55. The third kappa shape index (κ3) is 2.95. The van der Waals surface area contributed by atoms with E-state index in [0.717, 1.165) is 0 Å². The van der Waals surface area contributed by atoms with Crippen LogP contribution in [0.15, 0.2) is 10.6 Å². The number of carbonyl (C=O) groups is 2. The van der Waals surface area contributed by atoms with Crippen LogP contribution in [0.5, 0.6) is 0 Å². The molecule has 1 aromatic rings. The van der Waals surface area contributed by atoms with Crippen LogP contribution >= 0.6 is 11.3 Å². The molecule has 1 N–H and O–H groups in total. The molecule has 0 fully saturated rings. The minimum atomic E-state index is -0.859. The molecule has 0 bridgehead atoms. The summed E-state index contributed by atoms with van der Waals surface area (Å²) in [6, 6.07) is 0. The van der Waals surface area contributed by atoms with E-state index in [0.29, 0.717) is 23.3 Å². The second kappa shape index (κ2) is 5.43. The van der Waals surface area contributed by atoms with Gasteiger partial charge in [0.15, 0.2) is 5.92 Å². The predicted octanol–water partition coefficient (Wildman–Crippen LogP) is 0.967. The Hall–Kier alpha value is -1.83. The van der Waals surface area contributed by atoms with Crippen LogP contribution in [-0.2, 0) is 9.59 Å². The lowest BCUT2D eigenvalue weighted by molar-refractivity contribution is -0.136. The first-order chi connectivity index (χ1) is 8.99. The summed E-state index contributed by atoms with van der Waals surface area (Å²) in [5.41, 5.74) is 2.02. The van der Waals surface area contributed by atoms with Gasteiger partial charge >= 0.3 is 0 Å². The van der Waals surface area contributed by atoms with Crippen LogP contribution in [0.3, 0.4) is 0 Å². The van der Waals surface area contributed by atoms with Gasteiger partial charge in [0.2, 0.25) is 11.0 Å². The van der Waals surface area contributed by atoms with E-state index in [-0.39, 0.29) is 5.91 Å². The van der Waals surface area contributed by atoms with Crippen molar-refractivity contribution in [3.8, 4) is 0 Å². The maximum absolute atomic E-state index is 12.1. The van der Waals surface area contributed by atoms with Crippen molar-refractivity contribution in [2.24, 2.45) is 16.9 Å². The van der Waals surface area contributed by atoms with E-state index in [2.05, 4.69) is 20.6 Å². The van der Waals surface area contributed by atoms with Gasteiger partial charge in [-0.15, -0.1) is 10.2 Å². The van der Waals surface area contributed by atoms with E-state index in [4.69, 9.17) is 0 Å². The number of nitrogens with zero attached hydrogens (tertiary/aromatic N) is 4. The molecule has 1 aromatic heterocycles. The standard InChI is InChI=1S/C11H15N5O2S/c1-6(2)4-16-10(18)8(7(3)15-16)9(17)13-11-14-12-5-19-11/h5-6,8H,4H2,1-3H3,(H,13,14,17)/t8-/m0/s1. The highest BCUT2D eigenvalue weighted by Crippen LogP contribution is 2.19. The highest BCUT2D eigenvalue weighted by molar-refractivity contribution is 7.13. The van der Waals surface area contributed by atoms with Crippen molar-refractivity contribution >= 4 is 34.0 Å². The Balaban J connectivity index is 2.07. The molecule has 2 amide bonds. The fourth-order valence-corrected chi connectivity index (χ4v) is 2.26. The third-order valence-corrected chi connectivity index (χ3v) is 3.19. The summed E-state index contributed by atoms with van der Waals surface area (Å²) >= 11 is 1.21. The minimum absolute atomic E-state index is 0.284. The minimum Gasteiger partial charge on any atom is -0.299 e. The highest BCUT2D eigenvalue weighted by atomic mass is 32.1. The van der Waals surface area contributed by atoms with Crippen molar-refractivity contribution in [2.45, 2.75) is 20.8 Å². The molecule has 0 radical (unpaired) electrons. The Kier molecular flexibility index (Phi) is 3.89. The molecule has 102 valence electrons. The summed E-state index contributed by atoms with van der Waals surface area (Å²) in [6.07, 6.45) is 0. The van der Waals surface area contributed by atoms with Gasteiger partial charge in [-0.2, -0.15) is 5.10 Å². The average molecular weight is 281 g/mol. The molecule has 0 aromatic carbocycles. The summed E-state index contributed by atoms with van der Waals surface area (Å²) in [6.45, 7) is 6.18. The predicted molar refractivity (Wildman–Crippen MR) is 71.7 cm³/mol. The Morgan fingerprint density at radius 3 is 2.89 bits per heavy atom. The second-order valence-electron chi connectivity index (χ2n) is 4.72. The first kappa shape index (κ1) is 13.6. The van der Waals surface area contributed by atoms with E-state index >= 15 is 0 Å². The lowest BCUT2D eigenvalue weighted by Gasteiger charge is -2.15. The fourth-order valence-electron chi connectivity index (χ4n) is 1.81. The van der Waals surface area contributed by atoms with Crippen LogP contribution in [0.25, 0.3) is 0 Å². The van der Waals surface area contributed by atoms with Gasteiger partial charge in [-0.3, -0.25) is 14.9 Å². The van der Waals surface area contributed by atoms with Crippen molar-refractivity contribution in [3.63, 3.8) is 0 Å². The fraction of sp³-hybridized carbons (Fsp3) is 0.545. The van der Waals surface area contributed by atoms with Gasteiger partial charge in [0.25, 0.3) is 5.91 Å². The Morgan fingerprint density at radius 1 is 1.58 bits per heavy atom. The van der Waals surface area contributed by atoms with Gasteiger partial charge < -0.3 is 0 Å². The number of anilines is 1. The molecule has 0 saturated heterocycles. The first-order valence-corrected chi connectivity index (χ1v) is 6.80. The lowest BCUT2D eigenvalue weighted by Crippen LogP contribution is -2.37. The molecule has 2 rings (SSSR count). The zero-order chi connectivity index (χ0) is 14.0. The van der Waals surface area contributed by atoms with E-state index in [1.807, 2.05) is 13.8 Å². The van der Waals surface area contributed by atoms with Crippen LogP contribution in [0.2, 0.25) is 0 Å². The van der Waals surface area contributed by atoms with Crippen LogP contribution in [0.4, 0.5) is 5.13 Å². The quantitative estimate of drug-likeness (QED) is 0.833. The first-order valence-electron chi connectivity index (χ1n) is 5.92. The SMILES string of the molecule is CC1=NN(CC(C)C)C(=O)[C@@H]1C(=O)Nc1nncs1. The van der Waals surface area contributed by atoms with Crippen molar-refractivity contribution in [1.82, 2.24) is 15.2 Å². The van der Waals surface area contributed by atoms with Crippen molar-refractivity contribution in [2.75, 3.05) is 11.9 Å². The van der Waals surface area contributed by atoms with Gasteiger partial charge in [0, 0.05) is 6.54 Å². The van der Waals surface area contributed by atoms with Crippen LogP contribution in [-0.4, -0.2) is 39.3 Å². The molecule has 1 aliphatic rings. The topological polar surface area (TPSA) is 87.5 Å². The van der Waals surface area contributed by atoms with Gasteiger partial charge in [0.1, 0.15) is 5.51 Å². The van der Waals surface area contributed by atoms with Gasteiger partial charge in [0.05, 0.1) is 5.71 Å². The number of rotatable bonds is 4. The summed E-state index contributed by atoms with van der Waals surface area (Å²) in [5, 5.41) is 15.8. The van der Waals surface area contributed by atoms with Crippen molar-refractivity contribution in [1.29, 1.82) is 0 Å². The molecular weight excluding hydrogens is 266 g/mol. The number of nitrogens with one attached hydrogen (secondary N) is 1. The number of hydrogen-bond acceptors (Lipinski definition) is 6. The molecule has 8 heteroatoms. The number of hydrogen-bond donors (Lipinski definition) is 1. The molecule has 0 spiro atoms. The summed E-state index contributed by atoms with van der Waals surface area (Å²) in [4.78, 5) is 24.2. The molecule has 0 aliphatic carbocycles. The largest absolute Gasteiger partial charge is 0.299 e.